The average molecular weight is 520 g/mol. The summed E-state index contributed by atoms with van der Waals surface area (Å²) in [6.07, 6.45) is 2.97. The summed E-state index contributed by atoms with van der Waals surface area (Å²) >= 11 is 6.27. The predicted molar refractivity (Wildman–Crippen MR) is 136 cm³/mol. The van der Waals surface area contributed by atoms with Gasteiger partial charge in [-0.25, -0.2) is 9.37 Å². The topological polar surface area (TPSA) is 142 Å². The van der Waals surface area contributed by atoms with E-state index in [4.69, 9.17) is 17.0 Å². The second-order valence-corrected chi connectivity index (χ2v) is 9.67. The number of likely N-dealkylation sites (tertiary alicyclic amines) is 1. The zero-order valence-electron chi connectivity index (χ0n) is 20.2. The van der Waals surface area contributed by atoms with Gasteiger partial charge in [-0.1, -0.05) is 17.7 Å². The summed E-state index contributed by atoms with van der Waals surface area (Å²) < 4.78 is 13.9. The molecule has 0 unspecified atom stereocenters. The Kier molecular flexibility index (Phi) is 9.02. The number of nitrogens with one attached hydrogen (secondary N) is 3. The van der Waals surface area contributed by atoms with E-state index < -0.39 is 30.4 Å². The second-order valence-electron chi connectivity index (χ2n) is 9.26. The van der Waals surface area contributed by atoms with Crippen molar-refractivity contribution in [2.45, 2.75) is 39.5 Å². The SMILES string of the molecule is CC(C)Nc1cc(N/C=C2/CC(CO)(CO)CN(Cc3cc(F)ccc3CO)C(=O)C2=N)c(Cl)cn1. The van der Waals surface area contributed by atoms with Crippen LogP contribution < -0.4 is 10.6 Å². The van der Waals surface area contributed by atoms with Crippen LogP contribution in [0.15, 0.2) is 42.2 Å². The minimum absolute atomic E-state index is 0.0316. The van der Waals surface area contributed by atoms with E-state index in [2.05, 4.69) is 15.6 Å². The van der Waals surface area contributed by atoms with Gasteiger partial charge in [-0.3, -0.25) is 10.2 Å². The smallest absolute Gasteiger partial charge is 0.272 e. The molecular weight excluding hydrogens is 489 g/mol. The lowest BCUT2D eigenvalue weighted by molar-refractivity contribution is -0.126. The number of pyridine rings is 1. The fourth-order valence-electron chi connectivity index (χ4n) is 4.02. The Bertz CT molecular complexity index is 1150. The summed E-state index contributed by atoms with van der Waals surface area (Å²) in [6, 6.07) is 5.70. The molecule has 2 aromatic rings. The van der Waals surface area contributed by atoms with Gasteiger partial charge in [-0.05, 0) is 49.1 Å². The summed E-state index contributed by atoms with van der Waals surface area (Å²) in [5.74, 6) is -0.591. The third-order valence-electron chi connectivity index (χ3n) is 5.98. The van der Waals surface area contributed by atoms with Crippen molar-refractivity contribution in [3.8, 4) is 0 Å². The molecule has 36 heavy (non-hydrogen) atoms. The number of anilines is 2. The molecule has 0 radical (unpaired) electrons. The number of hydrogen-bond donors (Lipinski definition) is 6. The van der Waals surface area contributed by atoms with Crippen molar-refractivity contribution < 1.29 is 24.5 Å². The van der Waals surface area contributed by atoms with Gasteiger partial charge < -0.3 is 30.9 Å². The first-order valence-electron chi connectivity index (χ1n) is 11.5. The molecule has 11 heteroatoms. The monoisotopic (exact) mass is 519 g/mol. The third kappa shape index (κ3) is 6.38. The van der Waals surface area contributed by atoms with Gasteiger partial charge in [-0.15, -0.1) is 0 Å². The van der Waals surface area contributed by atoms with Crippen LogP contribution in [0.25, 0.3) is 0 Å². The first-order chi connectivity index (χ1) is 17.1. The fraction of sp³-hybridized carbons (Fsp3) is 0.400. The molecule has 6 N–H and O–H groups in total. The molecule has 3 rings (SSSR count). The number of halogens is 2. The van der Waals surface area contributed by atoms with Gasteiger partial charge in [0.2, 0.25) is 0 Å². The summed E-state index contributed by atoms with van der Waals surface area (Å²) in [7, 11) is 0. The molecule has 0 spiro atoms. The molecule has 0 aliphatic carbocycles. The van der Waals surface area contributed by atoms with Crippen molar-refractivity contribution in [1.82, 2.24) is 9.88 Å². The van der Waals surface area contributed by atoms with Crippen molar-refractivity contribution in [3.63, 3.8) is 0 Å². The molecule has 0 bridgehead atoms. The van der Waals surface area contributed by atoms with E-state index in [1.165, 1.54) is 35.5 Å². The van der Waals surface area contributed by atoms with Crippen molar-refractivity contribution in [2.75, 3.05) is 30.4 Å². The van der Waals surface area contributed by atoms with Crippen molar-refractivity contribution in [2.24, 2.45) is 5.41 Å². The minimum atomic E-state index is -1.15. The van der Waals surface area contributed by atoms with Gasteiger partial charge in [0.05, 0.1) is 36.7 Å². The van der Waals surface area contributed by atoms with Gasteiger partial charge in [0.25, 0.3) is 5.91 Å². The molecule has 0 saturated carbocycles. The number of rotatable bonds is 9. The van der Waals surface area contributed by atoms with E-state index in [0.29, 0.717) is 27.7 Å². The van der Waals surface area contributed by atoms with Crippen LogP contribution >= 0.6 is 11.6 Å². The number of aliphatic hydroxyl groups excluding tert-OH is 3. The first kappa shape index (κ1) is 27.5. The molecule has 1 aliphatic rings. The van der Waals surface area contributed by atoms with Crippen LogP contribution in [-0.4, -0.2) is 62.6 Å². The molecule has 194 valence electrons. The van der Waals surface area contributed by atoms with Crippen LogP contribution in [-0.2, 0) is 17.9 Å². The van der Waals surface area contributed by atoms with E-state index in [9.17, 15) is 24.5 Å². The molecule has 1 saturated heterocycles. The van der Waals surface area contributed by atoms with E-state index in [1.807, 2.05) is 13.8 Å². The standard InChI is InChI=1S/C25H31ClFN5O4/c1-15(2)31-22-6-21(20(26)9-30-22)29-8-18-7-25(13-34,14-35)12-32(24(36)23(18)28)10-17-5-19(27)4-3-16(17)11-33/h3-6,8-9,15,28,33-35H,7,10-14H2,1-2H3,(H2,29,30,31)/b18-8-,28-23?. The highest BCUT2D eigenvalue weighted by Gasteiger charge is 2.40. The predicted octanol–water partition coefficient (Wildman–Crippen LogP) is 2.91. The van der Waals surface area contributed by atoms with Crippen LogP contribution in [0.5, 0.6) is 0 Å². The van der Waals surface area contributed by atoms with Crippen LogP contribution in [0.4, 0.5) is 15.9 Å². The molecule has 2 heterocycles. The quantitative estimate of drug-likeness (QED) is 0.299. The van der Waals surface area contributed by atoms with Crippen molar-refractivity contribution in [1.29, 1.82) is 5.41 Å². The second kappa shape index (κ2) is 11.8. The number of hydrogen-bond acceptors (Lipinski definition) is 8. The summed E-state index contributed by atoms with van der Waals surface area (Å²) in [4.78, 5) is 18.8. The number of nitrogens with zero attached hydrogens (tertiary/aromatic N) is 2. The lowest BCUT2D eigenvalue weighted by atomic mass is 9.82. The molecule has 1 amide bonds. The maximum atomic E-state index is 13.9. The lowest BCUT2D eigenvalue weighted by Crippen LogP contribution is -2.43. The van der Waals surface area contributed by atoms with Gasteiger partial charge >= 0.3 is 0 Å². The highest BCUT2D eigenvalue weighted by Crippen LogP contribution is 2.33. The van der Waals surface area contributed by atoms with Crippen molar-refractivity contribution >= 4 is 34.7 Å². The summed E-state index contributed by atoms with van der Waals surface area (Å²) in [6.45, 7) is 2.50. The molecule has 1 fully saturated rings. The molecule has 0 atom stereocenters. The van der Waals surface area contributed by atoms with Gasteiger partial charge in [0, 0.05) is 36.8 Å². The molecule has 1 aromatic carbocycles. The van der Waals surface area contributed by atoms with Crippen molar-refractivity contribution in [3.05, 3.63) is 64.2 Å². The fourth-order valence-corrected chi connectivity index (χ4v) is 4.18. The summed E-state index contributed by atoms with van der Waals surface area (Å²) in [5, 5.41) is 45.1. The lowest BCUT2D eigenvalue weighted by Gasteiger charge is -2.33. The normalized spacial score (nSPS) is 17.0. The molecule has 1 aliphatic heterocycles. The van der Waals surface area contributed by atoms with Crippen LogP contribution in [0.2, 0.25) is 5.02 Å². The molecule has 9 nitrogen and oxygen atoms in total. The van der Waals surface area contributed by atoms with E-state index >= 15 is 0 Å². The Morgan fingerprint density at radius 3 is 2.61 bits per heavy atom. The number of aromatic nitrogens is 1. The number of carbonyl (C=O) groups is 1. The van der Waals surface area contributed by atoms with Crippen LogP contribution in [0, 0.1) is 16.6 Å². The largest absolute Gasteiger partial charge is 0.396 e. The van der Waals surface area contributed by atoms with Crippen LogP contribution in [0.3, 0.4) is 0 Å². The number of benzene rings is 1. The highest BCUT2D eigenvalue weighted by atomic mass is 35.5. The zero-order valence-corrected chi connectivity index (χ0v) is 20.9. The van der Waals surface area contributed by atoms with E-state index in [0.717, 1.165) is 0 Å². The molecule has 1 aromatic heterocycles. The summed E-state index contributed by atoms with van der Waals surface area (Å²) in [5.41, 5.74) is 0.0920. The third-order valence-corrected chi connectivity index (χ3v) is 6.28. The van der Waals surface area contributed by atoms with E-state index in [-0.39, 0.29) is 43.4 Å². The highest BCUT2D eigenvalue weighted by molar-refractivity contribution is 6.44. The zero-order chi connectivity index (χ0) is 26.5. The van der Waals surface area contributed by atoms with E-state index in [1.54, 1.807) is 6.07 Å². The first-order valence-corrected chi connectivity index (χ1v) is 11.8. The Balaban J connectivity index is 1.94. The maximum Gasteiger partial charge on any atom is 0.272 e. The Labute approximate surface area is 214 Å². The number of aliphatic hydroxyl groups is 3. The van der Waals surface area contributed by atoms with Gasteiger partial charge in [-0.2, -0.15) is 0 Å². The maximum absolute atomic E-state index is 13.9. The Morgan fingerprint density at radius 2 is 1.97 bits per heavy atom. The molecular formula is C25H31ClFN5O4. The van der Waals surface area contributed by atoms with Gasteiger partial charge in [0.1, 0.15) is 17.3 Å². The van der Waals surface area contributed by atoms with Gasteiger partial charge in [0.15, 0.2) is 0 Å². The van der Waals surface area contributed by atoms with Crippen LogP contribution in [0.1, 0.15) is 31.4 Å². The minimum Gasteiger partial charge on any atom is -0.396 e. The number of carbonyl (C=O) groups excluding carboxylic acids is 1. The average Bonchev–Trinajstić information content (AvgIpc) is 2.95. The number of amides is 1. The Morgan fingerprint density at radius 1 is 1.25 bits per heavy atom. The Hall–Kier alpha value is -3.05.